The summed E-state index contributed by atoms with van der Waals surface area (Å²) in [4.78, 5) is 15.0. The first-order chi connectivity index (χ1) is 15.7. The van der Waals surface area contributed by atoms with Crippen molar-refractivity contribution in [3.8, 4) is 11.4 Å². The van der Waals surface area contributed by atoms with Crippen LogP contribution < -0.4 is 10.2 Å². The number of benzene rings is 2. The SMILES string of the molecule is O=C(Nc1ccc(F)c(-c2nnc3n2CCCCC3)c1)c1ccc(N2CCOCC2)cc1. The highest BCUT2D eigenvalue weighted by molar-refractivity contribution is 6.04. The molecule has 32 heavy (non-hydrogen) atoms. The summed E-state index contributed by atoms with van der Waals surface area (Å²) in [5.41, 5.74) is 2.49. The minimum atomic E-state index is -0.377. The van der Waals surface area contributed by atoms with Crippen LogP contribution in [-0.2, 0) is 17.7 Å². The van der Waals surface area contributed by atoms with Crippen LogP contribution in [0.5, 0.6) is 0 Å². The molecule has 2 aliphatic heterocycles. The number of carbonyl (C=O) groups excluding carboxylic acids is 1. The van der Waals surface area contributed by atoms with Gasteiger partial charge in [0.15, 0.2) is 5.82 Å². The van der Waals surface area contributed by atoms with Crippen molar-refractivity contribution in [1.82, 2.24) is 14.8 Å². The molecule has 2 aliphatic rings. The summed E-state index contributed by atoms with van der Waals surface area (Å²) in [6.45, 7) is 3.89. The number of nitrogens with zero attached hydrogens (tertiary/aromatic N) is 4. The van der Waals surface area contributed by atoms with Crippen molar-refractivity contribution in [2.45, 2.75) is 32.2 Å². The van der Waals surface area contributed by atoms with E-state index in [-0.39, 0.29) is 11.7 Å². The number of hydrogen-bond donors (Lipinski definition) is 1. The smallest absolute Gasteiger partial charge is 0.255 e. The second-order valence-corrected chi connectivity index (χ2v) is 8.20. The van der Waals surface area contributed by atoms with Crippen LogP contribution >= 0.6 is 0 Å². The fraction of sp³-hybridized carbons (Fsp3) is 0.375. The summed E-state index contributed by atoms with van der Waals surface area (Å²) in [7, 11) is 0. The van der Waals surface area contributed by atoms with Crippen LogP contribution in [0.4, 0.5) is 15.8 Å². The van der Waals surface area contributed by atoms with Gasteiger partial charge in [0, 0.05) is 43.0 Å². The Bertz CT molecular complexity index is 1110. The number of ether oxygens (including phenoxy) is 1. The van der Waals surface area contributed by atoms with Crippen LogP contribution in [0.15, 0.2) is 42.5 Å². The maximum atomic E-state index is 14.7. The van der Waals surface area contributed by atoms with E-state index in [9.17, 15) is 9.18 Å². The number of nitrogens with one attached hydrogen (secondary N) is 1. The number of anilines is 2. The van der Waals surface area contributed by atoms with Crippen molar-refractivity contribution >= 4 is 17.3 Å². The van der Waals surface area contributed by atoms with Crippen LogP contribution in [0.25, 0.3) is 11.4 Å². The third kappa shape index (κ3) is 4.23. The van der Waals surface area contributed by atoms with Crippen LogP contribution in [0.3, 0.4) is 0 Å². The van der Waals surface area contributed by atoms with Gasteiger partial charge < -0.3 is 19.5 Å². The summed E-state index contributed by atoms with van der Waals surface area (Å²) in [6, 6.07) is 12.1. The Morgan fingerprint density at radius 2 is 1.78 bits per heavy atom. The number of halogens is 1. The molecule has 2 aromatic carbocycles. The third-order valence-corrected chi connectivity index (χ3v) is 6.08. The molecule has 3 heterocycles. The van der Waals surface area contributed by atoms with Crippen molar-refractivity contribution in [2.24, 2.45) is 0 Å². The summed E-state index contributed by atoms with van der Waals surface area (Å²) in [6.07, 6.45) is 4.08. The zero-order chi connectivity index (χ0) is 21.9. The molecule has 1 fully saturated rings. The molecule has 1 saturated heterocycles. The van der Waals surface area contributed by atoms with Gasteiger partial charge in [0.25, 0.3) is 5.91 Å². The minimum Gasteiger partial charge on any atom is -0.378 e. The molecule has 0 atom stereocenters. The molecule has 7 nitrogen and oxygen atoms in total. The maximum Gasteiger partial charge on any atom is 0.255 e. The Morgan fingerprint density at radius 1 is 0.969 bits per heavy atom. The van der Waals surface area contributed by atoms with E-state index in [1.54, 1.807) is 12.1 Å². The van der Waals surface area contributed by atoms with Gasteiger partial charge in [-0.2, -0.15) is 0 Å². The number of aryl methyl sites for hydroxylation is 1. The number of morpholine rings is 1. The average molecular weight is 436 g/mol. The van der Waals surface area contributed by atoms with E-state index in [2.05, 4.69) is 20.4 Å². The van der Waals surface area contributed by atoms with Gasteiger partial charge in [-0.1, -0.05) is 6.42 Å². The van der Waals surface area contributed by atoms with Crippen molar-refractivity contribution in [2.75, 3.05) is 36.5 Å². The Kier molecular flexibility index (Phi) is 5.85. The fourth-order valence-corrected chi connectivity index (χ4v) is 4.31. The molecule has 3 aromatic rings. The highest BCUT2D eigenvalue weighted by Crippen LogP contribution is 2.28. The van der Waals surface area contributed by atoms with Crippen LogP contribution in [0.1, 0.15) is 35.4 Å². The van der Waals surface area contributed by atoms with Gasteiger partial charge in [-0.05, 0) is 55.3 Å². The van der Waals surface area contributed by atoms with Crippen LogP contribution in [0.2, 0.25) is 0 Å². The normalized spacial score (nSPS) is 16.3. The zero-order valence-corrected chi connectivity index (χ0v) is 17.9. The third-order valence-electron chi connectivity index (χ3n) is 6.08. The Labute approximate surface area is 186 Å². The van der Waals surface area contributed by atoms with Crippen molar-refractivity contribution < 1.29 is 13.9 Å². The highest BCUT2D eigenvalue weighted by atomic mass is 19.1. The Balaban J connectivity index is 1.34. The number of carbonyl (C=O) groups is 1. The molecule has 5 rings (SSSR count). The molecule has 1 aromatic heterocycles. The van der Waals surface area contributed by atoms with Crippen molar-refractivity contribution in [1.29, 1.82) is 0 Å². The molecule has 1 N–H and O–H groups in total. The van der Waals surface area contributed by atoms with Gasteiger partial charge in [-0.15, -0.1) is 10.2 Å². The molecule has 0 aliphatic carbocycles. The standard InChI is InChI=1S/C24H26FN5O2/c25-21-10-7-18(16-20(21)23-28-27-22-4-2-1-3-11-30(22)23)26-24(31)17-5-8-19(9-6-17)29-12-14-32-15-13-29/h5-10,16H,1-4,11-15H2,(H,26,31). The molecule has 0 radical (unpaired) electrons. The minimum absolute atomic E-state index is 0.240. The van der Waals surface area contributed by atoms with E-state index in [1.807, 2.05) is 28.8 Å². The predicted molar refractivity (Wildman–Crippen MR) is 120 cm³/mol. The highest BCUT2D eigenvalue weighted by Gasteiger charge is 2.19. The molecule has 0 spiro atoms. The monoisotopic (exact) mass is 435 g/mol. The van der Waals surface area contributed by atoms with Crippen molar-refractivity contribution in [3.63, 3.8) is 0 Å². The second-order valence-electron chi connectivity index (χ2n) is 8.20. The Hall–Kier alpha value is -3.26. The molecular weight excluding hydrogens is 409 g/mol. The van der Waals surface area contributed by atoms with E-state index in [4.69, 9.17) is 4.74 Å². The largest absolute Gasteiger partial charge is 0.378 e. The molecule has 8 heteroatoms. The van der Waals surface area contributed by atoms with Gasteiger partial charge in [0.2, 0.25) is 0 Å². The lowest BCUT2D eigenvalue weighted by Gasteiger charge is -2.28. The second kappa shape index (κ2) is 9.08. The summed E-state index contributed by atoms with van der Waals surface area (Å²) < 4.78 is 22.1. The van der Waals surface area contributed by atoms with Gasteiger partial charge in [0.1, 0.15) is 11.6 Å². The van der Waals surface area contributed by atoms with Crippen molar-refractivity contribution in [3.05, 3.63) is 59.7 Å². The predicted octanol–water partition coefficient (Wildman–Crippen LogP) is 3.90. The quantitative estimate of drug-likeness (QED) is 0.673. The van der Waals surface area contributed by atoms with E-state index in [0.29, 0.717) is 35.9 Å². The summed E-state index contributed by atoms with van der Waals surface area (Å²) in [5, 5.41) is 11.4. The van der Waals surface area contributed by atoms with Crippen LogP contribution in [-0.4, -0.2) is 47.0 Å². The first-order valence-electron chi connectivity index (χ1n) is 11.2. The molecule has 0 unspecified atom stereocenters. The fourth-order valence-electron chi connectivity index (χ4n) is 4.31. The molecule has 0 bridgehead atoms. The van der Waals surface area contributed by atoms with E-state index >= 15 is 0 Å². The lowest BCUT2D eigenvalue weighted by atomic mass is 10.1. The Morgan fingerprint density at radius 3 is 2.59 bits per heavy atom. The number of rotatable bonds is 4. The molecule has 166 valence electrons. The first kappa shape index (κ1) is 20.6. The number of aromatic nitrogens is 3. The topological polar surface area (TPSA) is 72.3 Å². The lowest BCUT2D eigenvalue weighted by molar-refractivity contribution is 0.102. The average Bonchev–Trinajstić information content (AvgIpc) is 3.08. The van der Waals surface area contributed by atoms with Gasteiger partial charge in [-0.3, -0.25) is 4.79 Å². The number of fused-ring (bicyclic) bond motifs is 1. The van der Waals surface area contributed by atoms with E-state index in [1.165, 1.54) is 6.07 Å². The molecular formula is C24H26FN5O2. The van der Waals surface area contributed by atoms with Gasteiger partial charge in [-0.25, -0.2) is 4.39 Å². The number of hydrogen-bond acceptors (Lipinski definition) is 5. The molecule has 0 saturated carbocycles. The number of amides is 1. The first-order valence-corrected chi connectivity index (χ1v) is 11.2. The van der Waals surface area contributed by atoms with E-state index in [0.717, 1.165) is 56.8 Å². The lowest BCUT2D eigenvalue weighted by Crippen LogP contribution is -2.36. The summed E-state index contributed by atoms with van der Waals surface area (Å²) in [5.74, 6) is 0.797. The maximum absolute atomic E-state index is 14.7. The van der Waals surface area contributed by atoms with E-state index < -0.39 is 0 Å². The summed E-state index contributed by atoms with van der Waals surface area (Å²) >= 11 is 0. The zero-order valence-electron chi connectivity index (χ0n) is 17.9. The van der Waals surface area contributed by atoms with Crippen LogP contribution in [0, 0.1) is 5.82 Å². The van der Waals surface area contributed by atoms with Gasteiger partial charge >= 0.3 is 0 Å². The van der Waals surface area contributed by atoms with Gasteiger partial charge in [0.05, 0.1) is 18.8 Å². The molecule has 1 amide bonds.